The summed E-state index contributed by atoms with van der Waals surface area (Å²) in [4.78, 5) is 12.0. The van der Waals surface area contributed by atoms with Gasteiger partial charge in [-0.2, -0.15) is 0 Å². The number of urea groups is 1. The molecule has 2 heterocycles. The van der Waals surface area contributed by atoms with Gasteiger partial charge in [-0.05, 0) is 36.8 Å². The van der Waals surface area contributed by atoms with E-state index >= 15 is 0 Å². The van der Waals surface area contributed by atoms with Gasteiger partial charge < -0.3 is 15.2 Å². The van der Waals surface area contributed by atoms with E-state index in [9.17, 15) is 13.2 Å². The molecule has 1 aromatic carbocycles. The van der Waals surface area contributed by atoms with E-state index in [1.54, 1.807) is 0 Å². The highest BCUT2D eigenvalue weighted by atomic mass is 32.2. The van der Waals surface area contributed by atoms with E-state index in [0.29, 0.717) is 32.5 Å². The molecule has 2 N–H and O–H groups in total. The molecule has 0 unspecified atom stereocenters. The Bertz CT molecular complexity index is 854. The molecule has 3 rings (SSSR count). The summed E-state index contributed by atoms with van der Waals surface area (Å²) in [6.07, 6.45) is 5.44. The molecule has 1 aliphatic heterocycles. The Balaban J connectivity index is 1.36. The summed E-state index contributed by atoms with van der Waals surface area (Å²) in [6, 6.07) is 10.2. The minimum atomic E-state index is -3.13. The van der Waals surface area contributed by atoms with Crippen molar-refractivity contribution in [3.63, 3.8) is 0 Å². The summed E-state index contributed by atoms with van der Waals surface area (Å²) < 4.78 is 26.6. The highest BCUT2D eigenvalue weighted by Gasteiger charge is 2.25. The van der Waals surface area contributed by atoms with Gasteiger partial charge in [-0.3, -0.25) is 0 Å². The quantitative estimate of drug-likeness (QED) is 0.751. The highest BCUT2D eigenvalue weighted by molar-refractivity contribution is 7.88. The monoisotopic (exact) mass is 378 g/mol. The molecule has 1 fully saturated rings. The van der Waals surface area contributed by atoms with E-state index < -0.39 is 10.0 Å². The zero-order valence-electron chi connectivity index (χ0n) is 15.0. The SMILES string of the molecule is CS(=O)(=O)N1CCC(NC(=O)NCCCn2ccc3ccccc32)CC1. The predicted octanol–water partition coefficient (Wildman–Crippen LogP) is 1.75. The van der Waals surface area contributed by atoms with Crippen LogP contribution < -0.4 is 10.6 Å². The minimum absolute atomic E-state index is 0.0291. The molecule has 2 aromatic rings. The van der Waals surface area contributed by atoms with Crippen LogP contribution in [0.1, 0.15) is 19.3 Å². The average Bonchev–Trinajstić information content (AvgIpc) is 3.02. The Morgan fingerprint density at radius 3 is 2.65 bits per heavy atom. The number of sulfonamides is 1. The topological polar surface area (TPSA) is 83.4 Å². The molecule has 2 amide bonds. The summed E-state index contributed by atoms with van der Waals surface area (Å²) in [7, 11) is -3.13. The van der Waals surface area contributed by atoms with Gasteiger partial charge in [0.2, 0.25) is 10.0 Å². The number of piperidine rings is 1. The van der Waals surface area contributed by atoms with Crippen LogP contribution in [-0.4, -0.2) is 55.3 Å². The van der Waals surface area contributed by atoms with Gasteiger partial charge in [0, 0.05) is 43.9 Å². The van der Waals surface area contributed by atoms with Gasteiger partial charge in [-0.1, -0.05) is 18.2 Å². The van der Waals surface area contributed by atoms with Gasteiger partial charge in [-0.15, -0.1) is 0 Å². The smallest absolute Gasteiger partial charge is 0.315 e. The summed E-state index contributed by atoms with van der Waals surface area (Å²) in [6.45, 7) is 2.37. The largest absolute Gasteiger partial charge is 0.347 e. The number of carbonyl (C=O) groups excluding carboxylic acids is 1. The van der Waals surface area contributed by atoms with Gasteiger partial charge >= 0.3 is 6.03 Å². The molecule has 1 saturated heterocycles. The Labute approximate surface area is 154 Å². The number of benzene rings is 1. The molecular formula is C18H26N4O3S. The zero-order chi connectivity index (χ0) is 18.6. The second kappa shape index (κ2) is 8.09. The van der Waals surface area contributed by atoms with Crippen LogP contribution in [0.2, 0.25) is 0 Å². The number of carbonyl (C=O) groups is 1. The predicted molar refractivity (Wildman–Crippen MR) is 103 cm³/mol. The number of nitrogens with zero attached hydrogens (tertiary/aromatic N) is 2. The molecule has 0 aliphatic carbocycles. The Hall–Kier alpha value is -2.06. The van der Waals surface area contributed by atoms with Crippen molar-refractivity contribution in [2.75, 3.05) is 25.9 Å². The number of nitrogens with one attached hydrogen (secondary N) is 2. The summed E-state index contributed by atoms with van der Waals surface area (Å²) in [5.74, 6) is 0. The third kappa shape index (κ3) is 4.76. The Morgan fingerprint density at radius 1 is 1.19 bits per heavy atom. The lowest BCUT2D eigenvalue weighted by atomic mass is 10.1. The number of hydrogen-bond acceptors (Lipinski definition) is 3. The normalized spacial score (nSPS) is 16.7. The van der Waals surface area contributed by atoms with E-state index in [1.165, 1.54) is 21.5 Å². The van der Waals surface area contributed by atoms with Crippen LogP contribution in [0.25, 0.3) is 10.9 Å². The fourth-order valence-corrected chi connectivity index (χ4v) is 4.23. The fourth-order valence-electron chi connectivity index (χ4n) is 3.36. The fraction of sp³-hybridized carbons (Fsp3) is 0.500. The van der Waals surface area contributed by atoms with Gasteiger partial charge in [0.1, 0.15) is 0 Å². The maximum absolute atomic E-state index is 12.0. The van der Waals surface area contributed by atoms with Gasteiger partial charge in [0.15, 0.2) is 0 Å². The Kier molecular flexibility index (Phi) is 5.83. The van der Waals surface area contributed by atoms with Crippen LogP contribution >= 0.6 is 0 Å². The first-order chi connectivity index (χ1) is 12.4. The van der Waals surface area contributed by atoms with Crippen LogP contribution in [0.5, 0.6) is 0 Å². The average molecular weight is 378 g/mol. The van der Waals surface area contributed by atoms with Crippen molar-refractivity contribution < 1.29 is 13.2 Å². The molecule has 0 bridgehead atoms. The summed E-state index contributed by atoms with van der Waals surface area (Å²) >= 11 is 0. The summed E-state index contributed by atoms with van der Waals surface area (Å²) in [5.41, 5.74) is 1.20. The Morgan fingerprint density at radius 2 is 1.92 bits per heavy atom. The van der Waals surface area contributed by atoms with Gasteiger partial charge in [0.05, 0.1) is 6.26 Å². The molecule has 7 nitrogen and oxygen atoms in total. The number of para-hydroxylation sites is 1. The molecule has 142 valence electrons. The molecule has 0 spiro atoms. The number of hydrogen-bond donors (Lipinski definition) is 2. The molecule has 26 heavy (non-hydrogen) atoms. The lowest BCUT2D eigenvalue weighted by Gasteiger charge is -2.30. The van der Waals surface area contributed by atoms with E-state index in [-0.39, 0.29) is 12.1 Å². The molecule has 1 aliphatic rings. The van der Waals surface area contributed by atoms with E-state index in [2.05, 4.69) is 39.6 Å². The number of rotatable bonds is 6. The second-order valence-electron chi connectivity index (χ2n) is 6.76. The second-order valence-corrected chi connectivity index (χ2v) is 8.74. The lowest BCUT2D eigenvalue weighted by Crippen LogP contribution is -2.49. The number of fused-ring (bicyclic) bond motifs is 1. The van der Waals surface area contributed by atoms with Crippen molar-refractivity contribution in [3.8, 4) is 0 Å². The number of aromatic nitrogens is 1. The molecule has 0 radical (unpaired) electrons. The third-order valence-corrected chi connectivity index (χ3v) is 6.10. The molecule has 0 saturated carbocycles. The first-order valence-electron chi connectivity index (χ1n) is 8.97. The van der Waals surface area contributed by atoms with Crippen molar-refractivity contribution >= 4 is 27.0 Å². The maximum atomic E-state index is 12.0. The van der Waals surface area contributed by atoms with Crippen LogP contribution in [0.4, 0.5) is 4.79 Å². The molecule has 1 aromatic heterocycles. The van der Waals surface area contributed by atoms with Crippen molar-refractivity contribution in [3.05, 3.63) is 36.5 Å². The van der Waals surface area contributed by atoms with Crippen LogP contribution in [0.3, 0.4) is 0 Å². The maximum Gasteiger partial charge on any atom is 0.315 e. The molecule has 0 atom stereocenters. The van der Waals surface area contributed by atoms with E-state index in [1.807, 2.05) is 12.1 Å². The van der Waals surface area contributed by atoms with Crippen molar-refractivity contribution in [2.24, 2.45) is 0 Å². The van der Waals surface area contributed by atoms with E-state index in [4.69, 9.17) is 0 Å². The highest BCUT2D eigenvalue weighted by Crippen LogP contribution is 2.15. The van der Waals surface area contributed by atoms with Crippen LogP contribution in [-0.2, 0) is 16.6 Å². The van der Waals surface area contributed by atoms with Crippen molar-refractivity contribution in [1.29, 1.82) is 0 Å². The standard InChI is InChI=1S/C18H26N4O3S/c1-26(24,25)22-13-8-16(9-14-22)20-18(23)19-10-4-11-21-12-7-15-5-2-3-6-17(15)21/h2-3,5-7,12,16H,4,8-11,13-14H2,1H3,(H2,19,20,23). The number of aryl methyl sites for hydroxylation is 1. The summed E-state index contributed by atoms with van der Waals surface area (Å²) in [5, 5.41) is 7.04. The third-order valence-electron chi connectivity index (χ3n) is 4.80. The minimum Gasteiger partial charge on any atom is -0.347 e. The molecular weight excluding hydrogens is 352 g/mol. The van der Waals surface area contributed by atoms with Crippen molar-refractivity contribution in [2.45, 2.75) is 31.8 Å². The first-order valence-corrected chi connectivity index (χ1v) is 10.8. The first kappa shape index (κ1) is 18.7. The lowest BCUT2D eigenvalue weighted by molar-refractivity contribution is 0.227. The zero-order valence-corrected chi connectivity index (χ0v) is 15.8. The van der Waals surface area contributed by atoms with Crippen molar-refractivity contribution in [1.82, 2.24) is 19.5 Å². The van der Waals surface area contributed by atoms with E-state index in [0.717, 1.165) is 13.0 Å². The van der Waals surface area contributed by atoms with Crippen LogP contribution in [0.15, 0.2) is 36.5 Å². The number of amides is 2. The van der Waals surface area contributed by atoms with Gasteiger partial charge in [0.25, 0.3) is 0 Å². The molecule has 8 heteroatoms. The van der Waals surface area contributed by atoms with Crippen LogP contribution in [0, 0.1) is 0 Å². The van der Waals surface area contributed by atoms with Gasteiger partial charge in [-0.25, -0.2) is 17.5 Å².